The molecule has 2 rings (SSSR count). The summed E-state index contributed by atoms with van der Waals surface area (Å²) in [6, 6.07) is 3.89. The second-order valence-electron chi connectivity index (χ2n) is 4.51. The van der Waals surface area contributed by atoms with Crippen molar-refractivity contribution in [2.24, 2.45) is 5.73 Å². The first-order chi connectivity index (χ1) is 9.15. The number of aromatic nitrogens is 3. The van der Waals surface area contributed by atoms with Gasteiger partial charge in [-0.25, -0.2) is 0 Å². The second kappa shape index (κ2) is 6.17. The first-order valence-electron chi connectivity index (χ1n) is 6.56. The Morgan fingerprint density at radius 2 is 2.21 bits per heavy atom. The zero-order valence-electron chi connectivity index (χ0n) is 11.3. The van der Waals surface area contributed by atoms with Crippen LogP contribution in [-0.4, -0.2) is 14.8 Å². The van der Waals surface area contributed by atoms with E-state index in [-0.39, 0.29) is 6.04 Å². The average molecular weight is 279 g/mol. The summed E-state index contributed by atoms with van der Waals surface area (Å²) in [5.41, 5.74) is 9.46. The number of aryl methyl sites for hydroxylation is 2. The van der Waals surface area contributed by atoms with Gasteiger partial charge in [-0.1, -0.05) is 18.5 Å². The van der Waals surface area contributed by atoms with Gasteiger partial charge in [-0.15, -0.1) is 0 Å². The molecule has 0 fully saturated rings. The minimum absolute atomic E-state index is 0.104. The Hall–Kier alpha value is -1.39. The first kappa shape index (κ1) is 14.0. The highest BCUT2D eigenvalue weighted by atomic mass is 35.5. The number of nitrogens with two attached hydrogens (primary N) is 1. The molecule has 0 radical (unpaired) electrons. The van der Waals surface area contributed by atoms with Crippen LogP contribution in [0.1, 0.15) is 36.8 Å². The molecule has 0 spiro atoms. The van der Waals surface area contributed by atoms with Crippen LogP contribution in [0.2, 0.25) is 5.02 Å². The highest BCUT2D eigenvalue weighted by Gasteiger charge is 2.15. The number of nitrogens with zero attached hydrogens (tertiary/aromatic N) is 3. The predicted octanol–water partition coefficient (Wildman–Crippen LogP) is 2.76. The summed E-state index contributed by atoms with van der Waals surface area (Å²) >= 11 is 6.12. The summed E-state index contributed by atoms with van der Waals surface area (Å²) in [7, 11) is 0. The molecule has 0 amide bonds. The molecule has 2 N–H and O–H groups in total. The topological polar surface area (TPSA) is 56.7 Å². The Morgan fingerprint density at radius 1 is 1.42 bits per heavy atom. The Labute approximate surface area is 118 Å². The van der Waals surface area contributed by atoms with E-state index in [1.807, 2.05) is 10.7 Å². The van der Waals surface area contributed by atoms with E-state index in [9.17, 15) is 0 Å². The molecule has 1 unspecified atom stereocenters. The maximum absolute atomic E-state index is 6.30. The Bertz CT molecular complexity index is 550. The van der Waals surface area contributed by atoms with Crippen LogP contribution in [0.25, 0.3) is 0 Å². The molecular formula is C14H19ClN4. The molecule has 0 saturated carbocycles. The van der Waals surface area contributed by atoms with E-state index in [2.05, 4.69) is 30.0 Å². The van der Waals surface area contributed by atoms with Crippen LogP contribution in [-0.2, 0) is 19.4 Å². The van der Waals surface area contributed by atoms with Crippen molar-refractivity contribution in [2.75, 3.05) is 0 Å². The van der Waals surface area contributed by atoms with Crippen molar-refractivity contribution >= 4 is 11.6 Å². The number of hydrogen-bond acceptors (Lipinski definition) is 3. The third-order valence-corrected chi connectivity index (χ3v) is 3.54. The Kier molecular flexibility index (Phi) is 4.56. The van der Waals surface area contributed by atoms with Crippen molar-refractivity contribution in [2.45, 2.75) is 39.3 Å². The fraction of sp³-hybridized carbons (Fsp3) is 0.429. The van der Waals surface area contributed by atoms with Crippen LogP contribution in [0.5, 0.6) is 0 Å². The van der Waals surface area contributed by atoms with E-state index in [0.29, 0.717) is 11.4 Å². The summed E-state index contributed by atoms with van der Waals surface area (Å²) in [5, 5.41) is 5.19. The molecule has 19 heavy (non-hydrogen) atoms. The highest BCUT2D eigenvalue weighted by Crippen LogP contribution is 2.22. The van der Waals surface area contributed by atoms with E-state index in [4.69, 9.17) is 17.3 Å². The van der Waals surface area contributed by atoms with Crippen molar-refractivity contribution in [3.63, 3.8) is 0 Å². The third-order valence-electron chi connectivity index (χ3n) is 3.20. The van der Waals surface area contributed by atoms with E-state index in [0.717, 1.165) is 29.9 Å². The average Bonchev–Trinajstić information content (AvgIpc) is 2.84. The van der Waals surface area contributed by atoms with Gasteiger partial charge in [0.1, 0.15) is 0 Å². The van der Waals surface area contributed by atoms with Gasteiger partial charge in [0, 0.05) is 18.9 Å². The van der Waals surface area contributed by atoms with Crippen molar-refractivity contribution in [1.82, 2.24) is 14.8 Å². The van der Waals surface area contributed by atoms with Gasteiger partial charge >= 0.3 is 0 Å². The lowest BCUT2D eigenvalue weighted by Gasteiger charge is -2.14. The molecule has 0 aromatic carbocycles. The quantitative estimate of drug-likeness (QED) is 0.915. The van der Waals surface area contributed by atoms with Gasteiger partial charge in [0.25, 0.3) is 0 Å². The molecular weight excluding hydrogens is 260 g/mol. The third kappa shape index (κ3) is 3.14. The fourth-order valence-electron chi connectivity index (χ4n) is 2.12. The SMILES string of the molecule is CCc1cc(C(N)Cc2ccncc2Cl)n(CC)n1. The molecule has 102 valence electrons. The molecule has 2 heterocycles. The van der Waals surface area contributed by atoms with Gasteiger partial charge in [0.15, 0.2) is 0 Å². The number of hydrogen-bond donors (Lipinski definition) is 1. The minimum Gasteiger partial charge on any atom is -0.322 e. The molecule has 0 aliphatic carbocycles. The molecule has 4 nitrogen and oxygen atoms in total. The van der Waals surface area contributed by atoms with Crippen molar-refractivity contribution in [1.29, 1.82) is 0 Å². The van der Waals surface area contributed by atoms with Crippen molar-refractivity contribution in [3.05, 3.63) is 46.5 Å². The number of pyridine rings is 1. The van der Waals surface area contributed by atoms with Gasteiger partial charge in [0.05, 0.1) is 22.5 Å². The van der Waals surface area contributed by atoms with Crippen molar-refractivity contribution < 1.29 is 0 Å². The second-order valence-corrected chi connectivity index (χ2v) is 4.91. The smallest absolute Gasteiger partial charge is 0.0625 e. The van der Waals surface area contributed by atoms with Crippen LogP contribution in [0.15, 0.2) is 24.5 Å². The van der Waals surface area contributed by atoms with Gasteiger partial charge in [-0.2, -0.15) is 5.10 Å². The Balaban J connectivity index is 2.22. The van der Waals surface area contributed by atoms with E-state index in [1.165, 1.54) is 0 Å². The van der Waals surface area contributed by atoms with Crippen LogP contribution in [0.4, 0.5) is 0 Å². The minimum atomic E-state index is -0.104. The maximum atomic E-state index is 6.30. The van der Waals surface area contributed by atoms with Gasteiger partial charge in [0.2, 0.25) is 0 Å². The zero-order valence-corrected chi connectivity index (χ0v) is 12.1. The molecule has 2 aromatic rings. The standard InChI is InChI=1S/C14H19ClN4/c1-3-11-8-14(19(4-2)18-11)13(16)7-10-5-6-17-9-12(10)15/h5-6,8-9,13H,3-4,7,16H2,1-2H3. The largest absolute Gasteiger partial charge is 0.322 e. The summed E-state index contributed by atoms with van der Waals surface area (Å²) in [5.74, 6) is 0. The molecule has 5 heteroatoms. The lowest BCUT2D eigenvalue weighted by Crippen LogP contribution is -2.18. The fourth-order valence-corrected chi connectivity index (χ4v) is 2.32. The van der Waals surface area contributed by atoms with E-state index < -0.39 is 0 Å². The first-order valence-corrected chi connectivity index (χ1v) is 6.94. The monoisotopic (exact) mass is 278 g/mol. The number of halogens is 1. The molecule has 1 atom stereocenters. The van der Waals surface area contributed by atoms with Crippen molar-refractivity contribution in [3.8, 4) is 0 Å². The van der Waals surface area contributed by atoms with Crippen LogP contribution in [0.3, 0.4) is 0 Å². The number of rotatable bonds is 5. The summed E-state index contributed by atoms with van der Waals surface area (Å²) in [4.78, 5) is 3.99. The normalized spacial score (nSPS) is 12.6. The molecule has 0 bridgehead atoms. The van der Waals surface area contributed by atoms with E-state index >= 15 is 0 Å². The Morgan fingerprint density at radius 3 is 2.84 bits per heavy atom. The molecule has 0 aliphatic rings. The summed E-state index contributed by atoms with van der Waals surface area (Å²) in [6.45, 7) is 4.99. The van der Waals surface area contributed by atoms with Crippen LogP contribution < -0.4 is 5.73 Å². The van der Waals surface area contributed by atoms with Crippen LogP contribution in [0, 0.1) is 0 Å². The molecule has 0 saturated heterocycles. The van der Waals surface area contributed by atoms with Crippen LogP contribution >= 0.6 is 11.6 Å². The molecule has 2 aromatic heterocycles. The maximum Gasteiger partial charge on any atom is 0.0625 e. The zero-order chi connectivity index (χ0) is 13.8. The predicted molar refractivity (Wildman–Crippen MR) is 77.2 cm³/mol. The molecule has 0 aliphatic heterocycles. The highest BCUT2D eigenvalue weighted by molar-refractivity contribution is 6.31. The van der Waals surface area contributed by atoms with Gasteiger partial charge < -0.3 is 5.73 Å². The van der Waals surface area contributed by atoms with Gasteiger partial charge in [-0.3, -0.25) is 9.67 Å². The van der Waals surface area contributed by atoms with Gasteiger partial charge in [-0.05, 0) is 37.5 Å². The lowest BCUT2D eigenvalue weighted by molar-refractivity contribution is 0.565. The van der Waals surface area contributed by atoms with E-state index in [1.54, 1.807) is 12.4 Å². The lowest BCUT2D eigenvalue weighted by atomic mass is 10.0. The summed E-state index contributed by atoms with van der Waals surface area (Å²) in [6.07, 6.45) is 5.00. The summed E-state index contributed by atoms with van der Waals surface area (Å²) < 4.78 is 1.97.